The monoisotopic (exact) mass is 257 g/mol. The van der Waals surface area contributed by atoms with Crippen molar-refractivity contribution >= 4 is 0 Å². The summed E-state index contributed by atoms with van der Waals surface area (Å²) in [5, 5.41) is 7.80. The molecule has 1 heterocycles. The Hall–Kier alpha value is -1.61. The summed E-state index contributed by atoms with van der Waals surface area (Å²) in [6, 6.07) is 4.41. The van der Waals surface area contributed by atoms with Crippen LogP contribution >= 0.6 is 0 Å². The topological polar surface area (TPSA) is 29.9 Å². The molecule has 3 heteroatoms. The molecule has 0 saturated carbocycles. The molecular formula is C16H23N3. The zero-order valence-corrected chi connectivity index (χ0v) is 12.8. The van der Waals surface area contributed by atoms with E-state index >= 15 is 0 Å². The first-order valence-corrected chi connectivity index (χ1v) is 6.71. The maximum atomic E-state index is 4.62. The number of rotatable bonds is 3. The largest absolute Gasteiger partial charge is 0.314 e. The quantitative estimate of drug-likeness (QED) is 0.916. The van der Waals surface area contributed by atoms with Gasteiger partial charge in [-0.05, 0) is 57.0 Å². The Labute approximate surface area is 115 Å². The van der Waals surface area contributed by atoms with Crippen LogP contribution in [0.3, 0.4) is 0 Å². The highest BCUT2D eigenvalue weighted by Crippen LogP contribution is 2.30. The second-order valence-electron chi connectivity index (χ2n) is 5.25. The highest BCUT2D eigenvalue weighted by atomic mass is 15.3. The lowest BCUT2D eigenvalue weighted by molar-refractivity contribution is 0.715. The van der Waals surface area contributed by atoms with Crippen molar-refractivity contribution in [2.45, 2.75) is 34.2 Å². The normalized spacial score (nSPS) is 11.1. The predicted molar refractivity (Wildman–Crippen MR) is 80.4 cm³/mol. The van der Waals surface area contributed by atoms with E-state index in [4.69, 9.17) is 0 Å². The van der Waals surface area contributed by atoms with Gasteiger partial charge in [0.2, 0.25) is 0 Å². The fourth-order valence-corrected chi connectivity index (χ4v) is 2.61. The van der Waals surface area contributed by atoms with Crippen LogP contribution in [-0.4, -0.2) is 16.8 Å². The molecule has 2 rings (SSSR count). The van der Waals surface area contributed by atoms with E-state index in [9.17, 15) is 0 Å². The van der Waals surface area contributed by atoms with Gasteiger partial charge in [0.05, 0.1) is 11.4 Å². The maximum Gasteiger partial charge on any atom is 0.0797 e. The molecule has 0 amide bonds. The number of aromatic nitrogens is 2. The van der Waals surface area contributed by atoms with Gasteiger partial charge in [-0.3, -0.25) is 4.68 Å². The smallest absolute Gasteiger partial charge is 0.0797 e. The summed E-state index contributed by atoms with van der Waals surface area (Å²) < 4.78 is 2.00. The van der Waals surface area contributed by atoms with Crippen LogP contribution in [0.5, 0.6) is 0 Å². The summed E-state index contributed by atoms with van der Waals surface area (Å²) in [6.45, 7) is 9.51. The molecule has 0 radical (unpaired) electrons. The van der Waals surface area contributed by atoms with Gasteiger partial charge in [-0.25, -0.2) is 0 Å². The van der Waals surface area contributed by atoms with Crippen LogP contribution in [0.4, 0.5) is 0 Å². The molecule has 1 N–H and O–H groups in total. The number of benzene rings is 1. The highest BCUT2D eigenvalue weighted by Gasteiger charge is 2.16. The molecule has 0 atom stereocenters. The van der Waals surface area contributed by atoms with Crippen LogP contribution in [0, 0.1) is 27.7 Å². The van der Waals surface area contributed by atoms with Crippen LogP contribution in [0.2, 0.25) is 0 Å². The Morgan fingerprint density at radius 3 is 2.37 bits per heavy atom. The number of aryl methyl sites for hydroxylation is 2. The van der Waals surface area contributed by atoms with Crippen molar-refractivity contribution in [2.24, 2.45) is 7.05 Å². The summed E-state index contributed by atoms with van der Waals surface area (Å²) in [4.78, 5) is 0. The van der Waals surface area contributed by atoms with E-state index in [1.54, 1.807) is 0 Å². The minimum atomic E-state index is 0.809. The second kappa shape index (κ2) is 5.17. The Kier molecular flexibility index (Phi) is 3.76. The van der Waals surface area contributed by atoms with Gasteiger partial charge in [0.1, 0.15) is 0 Å². The summed E-state index contributed by atoms with van der Waals surface area (Å²) in [5.41, 5.74) is 8.97. The van der Waals surface area contributed by atoms with Gasteiger partial charge in [0, 0.05) is 19.2 Å². The van der Waals surface area contributed by atoms with Crippen molar-refractivity contribution in [2.75, 3.05) is 7.05 Å². The van der Waals surface area contributed by atoms with Gasteiger partial charge in [-0.1, -0.05) is 12.1 Å². The third-order valence-corrected chi connectivity index (χ3v) is 4.04. The number of hydrogen-bond donors (Lipinski definition) is 1. The second-order valence-corrected chi connectivity index (χ2v) is 5.25. The summed E-state index contributed by atoms with van der Waals surface area (Å²) in [5.74, 6) is 0. The van der Waals surface area contributed by atoms with Gasteiger partial charge in [0.25, 0.3) is 0 Å². The summed E-state index contributed by atoms with van der Waals surface area (Å²) in [7, 11) is 3.98. The Balaban J connectivity index is 2.63. The molecule has 1 aromatic carbocycles. The third kappa shape index (κ3) is 2.30. The Bertz CT molecular complexity index is 609. The van der Waals surface area contributed by atoms with E-state index in [1.807, 2.05) is 18.8 Å². The van der Waals surface area contributed by atoms with Crippen molar-refractivity contribution in [3.05, 3.63) is 40.1 Å². The molecule has 0 aliphatic heterocycles. The molecule has 0 aliphatic rings. The summed E-state index contributed by atoms with van der Waals surface area (Å²) >= 11 is 0. The molecule has 3 nitrogen and oxygen atoms in total. The van der Waals surface area contributed by atoms with Gasteiger partial charge in [-0.2, -0.15) is 5.10 Å². The summed E-state index contributed by atoms with van der Waals surface area (Å²) in [6.07, 6.45) is 0. The number of hydrogen-bond acceptors (Lipinski definition) is 2. The lowest BCUT2D eigenvalue weighted by atomic mass is 9.95. The van der Waals surface area contributed by atoms with E-state index in [0.717, 1.165) is 12.2 Å². The molecule has 102 valence electrons. The SMILES string of the molecule is CNCc1nn(C)c(-c2ccc(C)c(C)c2C)c1C. The van der Waals surface area contributed by atoms with E-state index in [0.29, 0.717) is 0 Å². The fourth-order valence-electron chi connectivity index (χ4n) is 2.61. The lowest BCUT2D eigenvalue weighted by Crippen LogP contribution is -2.06. The first-order valence-electron chi connectivity index (χ1n) is 6.71. The minimum Gasteiger partial charge on any atom is -0.314 e. The molecule has 1 aromatic heterocycles. The van der Waals surface area contributed by atoms with Crippen LogP contribution < -0.4 is 5.32 Å². The van der Waals surface area contributed by atoms with Crippen LogP contribution in [-0.2, 0) is 13.6 Å². The Morgan fingerprint density at radius 2 is 1.74 bits per heavy atom. The molecule has 0 saturated heterocycles. The van der Waals surface area contributed by atoms with E-state index in [1.165, 1.54) is 33.5 Å². The van der Waals surface area contributed by atoms with Crippen molar-refractivity contribution < 1.29 is 0 Å². The van der Waals surface area contributed by atoms with E-state index in [2.05, 4.69) is 50.2 Å². The molecule has 0 spiro atoms. The van der Waals surface area contributed by atoms with Crippen molar-refractivity contribution in [3.8, 4) is 11.3 Å². The van der Waals surface area contributed by atoms with Crippen molar-refractivity contribution in [1.29, 1.82) is 0 Å². The molecule has 2 aromatic rings. The molecule has 0 aliphatic carbocycles. The van der Waals surface area contributed by atoms with Crippen molar-refractivity contribution in [3.63, 3.8) is 0 Å². The number of nitrogens with zero attached hydrogens (tertiary/aromatic N) is 2. The molecule has 0 bridgehead atoms. The maximum absolute atomic E-state index is 4.62. The molecule has 19 heavy (non-hydrogen) atoms. The predicted octanol–water partition coefficient (Wildman–Crippen LogP) is 3.04. The van der Waals surface area contributed by atoms with Gasteiger partial charge >= 0.3 is 0 Å². The van der Waals surface area contributed by atoms with E-state index in [-0.39, 0.29) is 0 Å². The third-order valence-electron chi connectivity index (χ3n) is 4.04. The van der Waals surface area contributed by atoms with Gasteiger partial charge < -0.3 is 5.32 Å². The number of nitrogens with one attached hydrogen (secondary N) is 1. The average Bonchev–Trinajstić information content (AvgIpc) is 2.64. The van der Waals surface area contributed by atoms with E-state index < -0.39 is 0 Å². The van der Waals surface area contributed by atoms with Crippen LogP contribution in [0.1, 0.15) is 27.9 Å². The molecule has 0 fully saturated rings. The lowest BCUT2D eigenvalue weighted by Gasteiger charge is -2.12. The molecule has 0 unspecified atom stereocenters. The zero-order chi connectivity index (χ0) is 14.2. The first kappa shape index (κ1) is 13.8. The Morgan fingerprint density at radius 1 is 1.05 bits per heavy atom. The average molecular weight is 257 g/mol. The van der Waals surface area contributed by atoms with Crippen LogP contribution in [0.15, 0.2) is 12.1 Å². The minimum absolute atomic E-state index is 0.809. The van der Waals surface area contributed by atoms with Crippen LogP contribution in [0.25, 0.3) is 11.3 Å². The van der Waals surface area contributed by atoms with Gasteiger partial charge in [-0.15, -0.1) is 0 Å². The highest BCUT2D eigenvalue weighted by molar-refractivity contribution is 5.70. The zero-order valence-electron chi connectivity index (χ0n) is 12.8. The van der Waals surface area contributed by atoms with Crippen molar-refractivity contribution in [1.82, 2.24) is 15.1 Å². The van der Waals surface area contributed by atoms with Gasteiger partial charge in [0.15, 0.2) is 0 Å². The standard InChI is InChI=1S/C16H23N3/c1-10-7-8-14(12(3)11(10)2)16-13(4)15(9-17-5)18-19(16)6/h7-8,17H,9H2,1-6H3. The molecular weight excluding hydrogens is 234 g/mol. The fraction of sp³-hybridized carbons (Fsp3) is 0.438. The first-order chi connectivity index (χ1) is 8.97.